The first kappa shape index (κ1) is 12.1. The van der Waals surface area contributed by atoms with E-state index in [1.807, 2.05) is 24.3 Å². The van der Waals surface area contributed by atoms with Crippen molar-refractivity contribution in [2.24, 2.45) is 0 Å². The van der Waals surface area contributed by atoms with Gasteiger partial charge in [-0.3, -0.25) is 9.78 Å². The first-order chi connectivity index (χ1) is 9.31. The fourth-order valence-electron chi connectivity index (χ4n) is 2.06. The van der Waals surface area contributed by atoms with Gasteiger partial charge in [0.15, 0.2) is 0 Å². The molecule has 0 bridgehead atoms. The summed E-state index contributed by atoms with van der Waals surface area (Å²) in [7, 11) is 0. The highest BCUT2D eigenvalue weighted by molar-refractivity contribution is 5.79. The molecule has 0 unspecified atom stereocenters. The first-order valence-corrected chi connectivity index (χ1v) is 6.65. The van der Waals surface area contributed by atoms with Gasteiger partial charge in [-0.05, 0) is 36.6 Å². The number of rotatable bonds is 5. The van der Waals surface area contributed by atoms with Crippen LogP contribution in [0.2, 0.25) is 0 Å². The van der Waals surface area contributed by atoms with E-state index >= 15 is 0 Å². The quantitative estimate of drug-likeness (QED) is 0.853. The standard InChI is InChI=1S/C15H17N3O/c19-15(18-13-4-5-13)10-16-9-11-3-6-14-12(8-11)2-1-7-17-14/h1-3,6-8,13,16H,4-5,9-10H2,(H,18,19). The Morgan fingerprint density at radius 3 is 3.05 bits per heavy atom. The van der Waals surface area contributed by atoms with Gasteiger partial charge in [-0.2, -0.15) is 0 Å². The van der Waals surface area contributed by atoms with E-state index in [0.717, 1.165) is 23.7 Å². The van der Waals surface area contributed by atoms with Crippen molar-refractivity contribution < 1.29 is 4.79 Å². The number of benzene rings is 1. The number of carbonyl (C=O) groups excluding carboxylic acids is 1. The molecule has 1 fully saturated rings. The number of pyridine rings is 1. The second-order valence-corrected chi connectivity index (χ2v) is 4.98. The molecule has 1 aliphatic carbocycles. The lowest BCUT2D eigenvalue weighted by atomic mass is 10.1. The van der Waals surface area contributed by atoms with Gasteiger partial charge in [0.2, 0.25) is 5.91 Å². The lowest BCUT2D eigenvalue weighted by molar-refractivity contribution is -0.120. The van der Waals surface area contributed by atoms with E-state index in [9.17, 15) is 4.79 Å². The van der Waals surface area contributed by atoms with Gasteiger partial charge < -0.3 is 10.6 Å². The third-order valence-electron chi connectivity index (χ3n) is 3.22. The minimum Gasteiger partial charge on any atom is -0.352 e. The van der Waals surface area contributed by atoms with Gasteiger partial charge in [-0.15, -0.1) is 0 Å². The van der Waals surface area contributed by atoms with E-state index in [1.165, 1.54) is 5.56 Å². The SMILES string of the molecule is O=C(CNCc1ccc2ncccc2c1)NC1CC1. The smallest absolute Gasteiger partial charge is 0.234 e. The molecule has 98 valence electrons. The summed E-state index contributed by atoms with van der Waals surface area (Å²) < 4.78 is 0. The van der Waals surface area contributed by atoms with Crippen LogP contribution in [0, 0.1) is 0 Å². The molecular formula is C15H17N3O. The maximum absolute atomic E-state index is 11.5. The van der Waals surface area contributed by atoms with Gasteiger partial charge in [-0.1, -0.05) is 12.1 Å². The lowest BCUT2D eigenvalue weighted by Gasteiger charge is -2.06. The van der Waals surface area contributed by atoms with Crippen molar-refractivity contribution >= 4 is 16.8 Å². The van der Waals surface area contributed by atoms with E-state index in [2.05, 4.69) is 21.7 Å². The van der Waals surface area contributed by atoms with E-state index < -0.39 is 0 Å². The molecule has 0 atom stereocenters. The molecule has 1 amide bonds. The number of amides is 1. The van der Waals surface area contributed by atoms with Crippen molar-refractivity contribution in [2.75, 3.05) is 6.54 Å². The Morgan fingerprint density at radius 1 is 1.32 bits per heavy atom. The third-order valence-corrected chi connectivity index (χ3v) is 3.22. The number of hydrogen-bond donors (Lipinski definition) is 2. The number of nitrogens with zero attached hydrogens (tertiary/aromatic N) is 1. The van der Waals surface area contributed by atoms with Crippen molar-refractivity contribution in [3.63, 3.8) is 0 Å². The number of fused-ring (bicyclic) bond motifs is 1. The second kappa shape index (κ2) is 5.36. The highest BCUT2D eigenvalue weighted by Crippen LogP contribution is 2.18. The predicted molar refractivity (Wildman–Crippen MR) is 74.6 cm³/mol. The van der Waals surface area contributed by atoms with Gasteiger partial charge in [0.1, 0.15) is 0 Å². The van der Waals surface area contributed by atoms with E-state index in [0.29, 0.717) is 19.1 Å². The van der Waals surface area contributed by atoms with Crippen LogP contribution in [0.4, 0.5) is 0 Å². The van der Waals surface area contributed by atoms with Crippen LogP contribution in [0.15, 0.2) is 36.5 Å². The molecule has 1 heterocycles. The molecule has 0 radical (unpaired) electrons. The lowest BCUT2D eigenvalue weighted by Crippen LogP contribution is -2.34. The van der Waals surface area contributed by atoms with Gasteiger partial charge >= 0.3 is 0 Å². The van der Waals surface area contributed by atoms with Crippen molar-refractivity contribution in [3.05, 3.63) is 42.1 Å². The van der Waals surface area contributed by atoms with Crippen molar-refractivity contribution in [1.29, 1.82) is 0 Å². The third kappa shape index (κ3) is 3.29. The summed E-state index contributed by atoms with van der Waals surface area (Å²) in [5, 5.41) is 7.25. The average Bonchev–Trinajstić information content (AvgIpc) is 3.22. The van der Waals surface area contributed by atoms with Crippen LogP contribution in [0.5, 0.6) is 0 Å². The Balaban J connectivity index is 1.54. The molecule has 0 spiro atoms. The zero-order chi connectivity index (χ0) is 13.1. The molecule has 0 aliphatic heterocycles. The van der Waals surface area contributed by atoms with Crippen molar-refractivity contribution in [1.82, 2.24) is 15.6 Å². The second-order valence-electron chi connectivity index (χ2n) is 4.98. The van der Waals surface area contributed by atoms with Crippen LogP contribution in [0.3, 0.4) is 0 Å². The summed E-state index contributed by atoms with van der Waals surface area (Å²) >= 11 is 0. The normalized spacial score (nSPS) is 14.5. The van der Waals surface area contributed by atoms with Gasteiger partial charge in [0.25, 0.3) is 0 Å². The Bertz CT molecular complexity index is 593. The molecule has 1 aliphatic rings. The van der Waals surface area contributed by atoms with Crippen molar-refractivity contribution in [2.45, 2.75) is 25.4 Å². The van der Waals surface area contributed by atoms with Gasteiger partial charge in [-0.25, -0.2) is 0 Å². The summed E-state index contributed by atoms with van der Waals surface area (Å²) in [6, 6.07) is 10.6. The van der Waals surface area contributed by atoms with Gasteiger partial charge in [0.05, 0.1) is 12.1 Å². The summed E-state index contributed by atoms with van der Waals surface area (Å²) in [5.74, 6) is 0.0879. The summed E-state index contributed by atoms with van der Waals surface area (Å²) in [5.41, 5.74) is 2.16. The molecule has 2 N–H and O–H groups in total. The number of hydrogen-bond acceptors (Lipinski definition) is 3. The maximum atomic E-state index is 11.5. The van der Waals surface area contributed by atoms with E-state index in [1.54, 1.807) is 6.20 Å². The number of aromatic nitrogens is 1. The Kier molecular flexibility index (Phi) is 3.42. The zero-order valence-electron chi connectivity index (χ0n) is 10.7. The topological polar surface area (TPSA) is 54.0 Å². The molecular weight excluding hydrogens is 238 g/mol. The highest BCUT2D eigenvalue weighted by Gasteiger charge is 2.22. The van der Waals surface area contributed by atoms with Crippen LogP contribution < -0.4 is 10.6 Å². The maximum Gasteiger partial charge on any atom is 0.234 e. The molecule has 19 heavy (non-hydrogen) atoms. The summed E-state index contributed by atoms with van der Waals surface area (Å²) in [4.78, 5) is 15.8. The first-order valence-electron chi connectivity index (χ1n) is 6.65. The van der Waals surface area contributed by atoms with Crippen LogP contribution in [0.25, 0.3) is 10.9 Å². The van der Waals surface area contributed by atoms with Gasteiger partial charge in [0, 0.05) is 24.2 Å². The number of carbonyl (C=O) groups is 1. The Labute approximate surface area is 112 Å². The van der Waals surface area contributed by atoms with Crippen LogP contribution >= 0.6 is 0 Å². The molecule has 4 heteroatoms. The molecule has 3 rings (SSSR count). The zero-order valence-corrected chi connectivity index (χ0v) is 10.7. The van der Waals surface area contributed by atoms with E-state index in [-0.39, 0.29) is 5.91 Å². The molecule has 4 nitrogen and oxygen atoms in total. The molecule has 1 aromatic heterocycles. The fourth-order valence-corrected chi connectivity index (χ4v) is 2.06. The Hall–Kier alpha value is -1.94. The molecule has 1 aromatic carbocycles. The number of nitrogens with one attached hydrogen (secondary N) is 2. The molecule has 0 saturated heterocycles. The Morgan fingerprint density at radius 2 is 2.21 bits per heavy atom. The summed E-state index contributed by atoms with van der Waals surface area (Å²) in [6.45, 7) is 1.07. The van der Waals surface area contributed by atoms with E-state index in [4.69, 9.17) is 0 Å². The monoisotopic (exact) mass is 255 g/mol. The summed E-state index contributed by atoms with van der Waals surface area (Å²) in [6.07, 6.45) is 4.05. The van der Waals surface area contributed by atoms with Crippen LogP contribution in [0.1, 0.15) is 18.4 Å². The molecule has 1 saturated carbocycles. The highest BCUT2D eigenvalue weighted by atomic mass is 16.2. The minimum atomic E-state index is 0.0879. The van der Waals surface area contributed by atoms with Crippen LogP contribution in [-0.2, 0) is 11.3 Å². The largest absolute Gasteiger partial charge is 0.352 e. The fraction of sp³-hybridized carbons (Fsp3) is 0.333. The average molecular weight is 255 g/mol. The van der Waals surface area contributed by atoms with Crippen LogP contribution in [-0.4, -0.2) is 23.5 Å². The minimum absolute atomic E-state index is 0.0879. The predicted octanol–water partition coefficient (Wildman–Crippen LogP) is 1.60. The molecule has 2 aromatic rings. The van der Waals surface area contributed by atoms with Crippen molar-refractivity contribution in [3.8, 4) is 0 Å².